The van der Waals surface area contributed by atoms with Gasteiger partial charge in [0, 0.05) is 13.2 Å². The molecule has 1 aliphatic rings. The molecule has 32 heavy (non-hydrogen) atoms. The molecule has 1 fully saturated rings. The van der Waals surface area contributed by atoms with E-state index in [4.69, 9.17) is 14.5 Å². The summed E-state index contributed by atoms with van der Waals surface area (Å²) >= 11 is 1.30. The number of fused-ring (bicyclic) bond motifs is 1. The summed E-state index contributed by atoms with van der Waals surface area (Å²) in [6.07, 6.45) is 1.91. The lowest BCUT2D eigenvalue weighted by atomic mass is 10.2. The van der Waals surface area contributed by atoms with Gasteiger partial charge in [-0.1, -0.05) is 36.0 Å². The van der Waals surface area contributed by atoms with E-state index in [1.807, 2.05) is 49.4 Å². The molecule has 3 aromatic rings. The number of ether oxygens (including phenoxy) is 2. The molecule has 0 unspecified atom stereocenters. The quantitative estimate of drug-likeness (QED) is 0.416. The van der Waals surface area contributed by atoms with Gasteiger partial charge >= 0.3 is 0 Å². The van der Waals surface area contributed by atoms with Gasteiger partial charge in [-0.3, -0.25) is 14.2 Å². The molecule has 1 aromatic heterocycles. The van der Waals surface area contributed by atoms with Gasteiger partial charge in [0.15, 0.2) is 5.16 Å². The van der Waals surface area contributed by atoms with Crippen LogP contribution in [-0.2, 0) is 22.6 Å². The topological polar surface area (TPSA) is 82.5 Å². The predicted octanol–water partition coefficient (Wildman–Crippen LogP) is 3.38. The predicted molar refractivity (Wildman–Crippen MR) is 125 cm³/mol. The maximum absolute atomic E-state index is 13.2. The van der Waals surface area contributed by atoms with Crippen molar-refractivity contribution in [3.05, 3.63) is 64.4 Å². The highest BCUT2D eigenvalue weighted by Gasteiger charge is 2.23. The Morgan fingerprint density at radius 2 is 2.06 bits per heavy atom. The third-order valence-corrected chi connectivity index (χ3v) is 6.60. The Hall–Kier alpha value is -2.84. The van der Waals surface area contributed by atoms with Crippen molar-refractivity contribution in [3.8, 4) is 5.75 Å². The molecule has 0 saturated carbocycles. The Morgan fingerprint density at radius 1 is 1.28 bits per heavy atom. The van der Waals surface area contributed by atoms with Crippen LogP contribution in [0.15, 0.2) is 58.5 Å². The average Bonchev–Trinajstić information content (AvgIpc) is 3.33. The van der Waals surface area contributed by atoms with Crippen LogP contribution in [0, 0.1) is 0 Å². The molecule has 2 heterocycles. The second kappa shape index (κ2) is 10.2. The van der Waals surface area contributed by atoms with Crippen molar-refractivity contribution in [2.24, 2.45) is 0 Å². The fourth-order valence-corrected chi connectivity index (χ4v) is 4.62. The molecule has 1 saturated heterocycles. The van der Waals surface area contributed by atoms with Crippen molar-refractivity contribution in [2.45, 2.75) is 49.4 Å². The van der Waals surface area contributed by atoms with Crippen LogP contribution in [-0.4, -0.2) is 40.5 Å². The Kier molecular flexibility index (Phi) is 7.12. The van der Waals surface area contributed by atoms with Gasteiger partial charge in [-0.2, -0.15) is 0 Å². The number of nitrogens with zero attached hydrogens (tertiary/aromatic N) is 2. The molecular weight excluding hydrogens is 426 g/mol. The summed E-state index contributed by atoms with van der Waals surface area (Å²) in [5.41, 5.74) is 1.52. The molecule has 7 nitrogen and oxygen atoms in total. The van der Waals surface area contributed by atoms with Gasteiger partial charge in [-0.25, -0.2) is 4.98 Å². The zero-order chi connectivity index (χ0) is 22.5. The van der Waals surface area contributed by atoms with E-state index in [9.17, 15) is 9.59 Å². The smallest absolute Gasteiger partial charge is 0.262 e. The molecule has 2 atom stereocenters. The molecule has 4 rings (SSSR count). The summed E-state index contributed by atoms with van der Waals surface area (Å²) in [7, 11) is 1.62. The number of hydrogen-bond acceptors (Lipinski definition) is 6. The first kappa shape index (κ1) is 22.4. The number of para-hydroxylation sites is 1. The van der Waals surface area contributed by atoms with E-state index in [2.05, 4.69) is 5.32 Å². The second-order valence-electron chi connectivity index (χ2n) is 7.79. The van der Waals surface area contributed by atoms with Crippen LogP contribution in [0.5, 0.6) is 5.75 Å². The van der Waals surface area contributed by atoms with E-state index in [1.54, 1.807) is 17.7 Å². The van der Waals surface area contributed by atoms with Crippen LogP contribution < -0.4 is 15.6 Å². The van der Waals surface area contributed by atoms with Gasteiger partial charge in [0.1, 0.15) is 5.75 Å². The third kappa shape index (κ3) is 5.14. The Balaban J connectivity index is 1.50. The third-order valence-electron chi connectivity index (χ3n) is 5.51. The number of rotatable bonds is 8. The number of aromatic nitrogens is 2. The summed E-state index contributed by atoms with van der Waals surface area (Å²) in [6, 6.07) is 14.9. The van der Waals surface area contributed by atoms with E-state index in [1.165, 1.54) is 11.8 Å². The first-order valence-corrected chi connectivity index (χ1v) is 11.6. The van der Waals surface area contributed by atoms with E-state index in [0.29, 0.717) is 35.8 Å². The Bertz CT molecular complexity index is 1140. The second-order valence-corrected chi connectivity index (χ2v) is 9.10. The van der Waals surface area contributed by atoms with Gasteiger partial charge in [-0.05, 0) is 49.6 Å². The van der Waals surface area contributed by atoms with Crippen molar-refractivity contribution < 1.29 is 14.3 Å². The van der Waals surface area contributed by atoms with Crippen LogP contribution in [0.2, 0.25) is 0 Å². The van der Waals surface area contributed by atoms with Crippen LogP contribution in [0.4, 0.5) is 0 Å². The summed E-state index contributed by atoms with van der Waals surface area (Å²) in [4.78, 5) is 30.7. The van der Waals surface area contributed by atoms with Gasteiger partial charge in [0.25, 0.3) is 5.56 Å². The summed E-state index contributed by atoms with van der Waals surface area (Å²) < 4.78 is 12.6. The number of carbonyl (C=O) groups is 1. The number of hydrogen-bond donors (Lipinski definition) is 1. The highest BCUT2D eigenvalue weighted by Crippen LogP contribution is 2.24. The molecule has 8 heteroatoms. The van der Waals surface area contributed by atoms with Crippen molar-refractivity contribution in [1.82, 2.24) is 14.9 Å². The molecule has 0 aliphatic carbocycles. The lowest BCUT2D eigenvalue weighted by Crippen LogP contribution is -2.33. The van der Waals surface area contributed by atoms with Gasteiger partial charge in [-0.15, -0.1) is 0 Å². The van der Waals surface area contributed by atoms with E-state index in [0.717, 1.165) is 24.2 Å². The lowest BCUT2D eigenvalue weighted by molar-refractivity contribution is -0.120. The van der Waals surface area contributed by atoms with E-state index < -0.39 is 5.25 Å². The number of carbonyl (C=O) groups excluding carboxylic acids is 1. The number of nitrogens with one attached hydrogen (secondary N) is 1. The summed E-state index contributed by atoms with van der Waals surface area (Å²) in [5.74, 6) is 0.660. The highest BCUT2D eigenvalue weighted by molar-refractivity contribution is 8.00. The highest BCUT2D eigenvalue weighted by atomic mass is 32.2. The van der Waals surface area contributed by atoms with Crippen LogP contribution in [0.3, 0.4) is 0 Å². The molecule has 0 radical (unpaired) electrons. The van der Waals surface area contributed by atoms with Crippen molar-refractivity contribution >= 4 is 28.6 Å². The first-order chi connectivity index (χ1) is 15.5. The van der Waals surface area contributed by atoms with Gasteiger partial charge in [0.05, 0.1) is 35.9 Å². The SMILES string of the molecule is COc1ccc(CNC(=O)[C@H](C)Sc2nc3ccccc3c(=O)n2C[C@H]2CCCO2)cc1. The standard InChI is InChI=1S/C24H27N3O4S/c1-16(22(28)25-14-17-9-11-18(30-2)12-10-17)32-24-26-21-8-4-3-7-20(21)23(29)27(24)15-19-6-5-13-31-19/h3-4,7-12,16,19H,5-6,13-15H2,1-2H3,(H,25,28)/t16-,19+/m0/s1. The van der Waals surface area contributed by atoms with Crippen molar-refractivity contribution in [1.29, 1.82) is 0 Å². The fraction of sp³-hybridized carbons (Fsp3) is 0.375. The van der Waals surface area contributed by atoms with Crippen LogP contribution >= 0.6 is 11.8 Å². The van der Waals surface area contributed by atoms with E-state index in [-0.39, 0.29) is 17.6 Å². The fourth-order valence-electron chi connectivity index (χ4n) is 3.68. The number of amides is 1. The average molecular weight is 454 g/mol. The van der Waals surface area contributed by atoms with E-state index >= 15 is 0 Å². The summed E-state index contributed by atoms with van der Waals surface area (Å²) in [6.45, 7) is 3.40. The minimum absolute atomic E-state index is 0.00535. The van der Waals surface area contributed by atoms with Crippen LogP contribution in [0.1, 0.15) is 25.3 Å². The summed E-state index contributed by atoms with van der Waals surface area (Å²) in [5, 5.41) is 3.65. The molecular formula is C24H27N3O4S. The maximum Gasteiger partial charge on any atom is 0.262 e. The molecule has 1 N–H and O–H groups in total. The molecule has 2 aromatic carbocycles. The molecule has 1 aliphatic heterocycles. The molecule has 1 amide bonds. The normalized spacial score (nSPS) is 16.8. The zero-order valence-electron chi connectivity index (χ0n) is 18.2. The van der Waals surface area contributed by atoms with Crippen LogP contribution in [0.25, 0.3) is 10.9 Å². The lowest BCUT2D eigenvalue weighted by Gasteiger charge is -2.18. The number of methoxy groups -OCH3 is 1. The largest absolute Gasteiger partial charge is 0.497 e. The minimum atomic E-state index is -0.419. The molecule has 0 spiro atoms. The Morgan fingerprint density at radius 3 is 2.78 bits per heavy atom. The van der Waals surface area contributed by atoms with Crippen molar-refractivity contribution in [2.75, 3.05) is 13.7 Å². The maximum atomic E-state index is 13.2. The number of benzene rings is 2. The Labute approximate surface area is 191 Å². The van der Waals surface area contributed by atoms with Gasteiger partial charge < -0.3 is 14.8 Å². The monoisotopic (exact) mass is 453 g/mol. The van der Waals surface area contributed by atoms with Crippen molar-refractivity contribution in [3.63, 3.8) is 0 Å². The molecule has 168 valence electrons. The van der Waals surface area contributed by atoms with Gasteiger partial charge in [0.2, 0.25) is 5.91 Å². The zero-order valence-corrected chi connectivity index (χ0v) is 19.1. The minimum Gasteiger partial charge on any atom is -0.497 e. The number of thioether (sulfide) groups is 1. The molecule has 0 bridgehead atoms. The first-order valence-electron chi connectivity index (χ1n) is 10.7.